The second-order valence-corrected chi connectivity index (χ2v) is 9.47. The zero-order valence-corrected chi connectivity index (χ0v) is 19.4. The molecule has 0 amide bonds. The van der Waals surface area contributed by atoms with E-state index in [1.807, 2.05) is 18.2 Å². The molecule has 2 aromatic carbocycles. The number of rotatable bonds is 7. The molecule has 0 atom stereocenters. The molecule has 7 nitrogen and oxygen atoms in total. The summed E-state index contributed by atoms with van der Waals surface area (Å²) in [6.45, 7) is 5.38. The molecule has 0 radical (unpaired) electrons. The van der Waals surface area contributed by atoms with Gasteiger partial charge in [-0.3, -0.25) is 0 Å². The zero-order valence-electron chi connectivity index (χ0n) is 19.4. The van der Waals surface area contributed by atoms with E-state index in [1.54, 1.807) is 0 Å². The molecule has 33 heavy (non-hydrogen) atoms. The minimum atomic E-state index is 0.523. The molecule has 5 rings (SSSR count). The van der Waals surface area contributed by atoms with Crippen LogP contribution in [0, 0.1) is 5.92 Å². The summed E-state index contributed by atoms with van der Waals surface area (Å²) in [7, 11) is 0. The van der Waals surface area contributed by atoms with Crippen LogP contribution in [0.25, 0.3) is 22.5 Å². The SMILES string of the molecule is CC(C)Cn1nc(C2CCCCC2)nc1Cc1ccc(-c2ccccc2-c2nnn[nH]2)cc1. The molecular weight excluding hydrogens is 410 g/mol. The van der Waals surface area contributed by atoms with E-state index in [2.05, 4.69) is 69.5 Å². The third kappa shape index (κ3) is 4.87. The lowest BCUT2D eigenvalue weighted by molar-refractivity contribution is 0.419. The summed E-state index contributed by atoms with van der Waals surface area (Å²) in [6, 6.07) is 16.9. The van der Waals surface area contributed by atoms with Gasteiger partial charge in [0.2, 0.25) is 0 Å². The minimum Gasteiger partial charge on any atom is -0.249 e. The Hall–Kier alpha value is -3.35. The fourth-order valence-corrected chi connectivity index (χ4v) is 4.75. The molecule has 1 aliphatic rings. The average molecular weight is 442 g/mol. The smallest absolute Gasteiger partial charge is 0.180 e. The molecule has 0 spiro atoms. The molecule has 170 valence electrons. The first-order valence-corrected chi connectivity index (χ1v) is 12.0. The normalized spacial score (nSPS) is 14.8. The van der Waals surface area contributed by atoms with E-state index in [0.29, 0.717) is 17.7 Å². The molecule has 1 fully saturated rings. The van der Waals surface area contributed by atoms with Crippen molar-refractivity contribution in [2.75, 3.05) is 0 Å². The van der Waals surface area contributed by atoms with Gasteiger partial charge in [0.15, 0.2) is 11.6 Å². The molecule has 0 unspecified atom stereocenters. The molecule has 0 saturated heterocycles. The van der Waals surface area contributed by atoms with Crippen molar-refractivity contribution in [1.29, 1.82) is 0 Å². The highest BCUT2D eigenvalue weighted by molar-refractivity contribution is 5.80. The average Bonchev–Trinajstić information content (AvgIpc) is 3.51. The minimum absolute atomic E-state index is 0.523. The van der Waals surface area contributed by atoms with E-state index in [4.69, 9.17) is 10.1 Å². The van der Waals surface area contributed by atoms with Crippen LogP contribution in [-0.2, 0) is 13.0 Å². The summed E-state index contributed by atoms with van der Waals surface area (Å²) in [5, 5.41) is 19.4. The number of nitrogens with zero attached hydrogens (tertiary/aromatic N) is 6. The maximum atomic E-state index is 5.04. The van der Waals surface area contributed by atoms with Crippen molar-refractivity contribution in [1.82, 2.24) is 35.4 Å². The quantitative estimate of drug-likeness (QED) is 0.414. The van der Waals surface area contributed by atoms with Crippen LogP contribution in [0.5, 0.6) is 0 Å². The number of hydrogen-bond acceptors (Lipinski definition) is 5. The van der Waals surface area contributed by atoms with E-state index in [0.717, 1.165) is 41.3 Å². The van der Waals surface area contributed by atoms with Gasteiger partial charge in [0, 0.05) is 24.4 Å². The Morgan fingerprint density at radius 1 is 0.970 bits per heavy atom. The van der Waals surface area contributed by atoms with Crippen LogP contribution in [0.4, 0.5) is 0 Å². The van der Waals surface area contributed by atoms with Gasteiger partial charge in [-0.15, -0.1) is 5.10 Å². The van der Waals surface area contributed by atoms with E-state index >= 15 is 0 Å². The topological polar surface area (TPSA) is 85.2 Å². The van der Waals surface area contributed by atoms with Crippen molar-refractivity contribution in [3.63, 3.8) is 0 Å². The highest BCUT2D eigenvalue weighted by Crippen LogP contribution is 2.32. The third-order valence-corrected chi connectivity index (χ3v) is 6.43. The monoisotopic (exact) mass is 441 g/mol. The molecule has 0 bridgehead atoms. The van der Waals surface area contributed by atoms with Gasteiger partial charge >= 0.3 is 0 Å². The largest absolute Gasteiger partial charge is 0.249 e. The number of nitrogens with one attached hydrogen (secondary N) is 1. The Balaban J connectivity index is 1.39. The Morgan fingerprint density at radius 2 is 1.73 bits per heavy atom. The maximum Gasteiger partial charge on any atom is 0.180 e. The summed E-state index contributed by atoms with van der Waals surface area (Å²) < 4.78 is 2.15. The zero-order chi connectivity index (χ0) is 22.6. The molecule has 1 N–H and O–H groups in total. The van der Waals surface area contributed by atoms with Crippen molar-refractivity contribution in [3.8, 4) is 22.5 Å². The highest BCUT2D eigenvalue weighted by atomic mass is 15.5. The number of hydrogen-bond donors (Lipinski definition) is 1. The van der Waals surface area contributed by atoms with Crippen molar-refractivity contribution in [3.05, 3.63) is 65.7 Å². The summed E-state index contributed by atoms with van der Waals surface area (Å²) in [4.78, 5) is 5.04. The van der Waals surface area contributed by atoms with Gasteiger partial charge in [0.1, 0.15) is 5.82 Å². The Bertz CT molecular complexity index is 1170. The van der Waals surface area contributed by atoms with Crippen LogP contribution in [0.1, 0.15) is 69.1 Å². The molecule has 7 heteroatoms. The van der Waals surface area contributed by atoms with Gasteiger partial charge in [-0.05, 0) is 45.9 Å². The van der Waals surface area contributed by atoms with E-state index in [9.17, 15) is 0 Å². The van der Waals surface area contributed by atoms with Gasteiger partial charge in [-0.25, -0.2) is 14.8 Å². The molecule has 1 aliphatic carbocycles. The number of H-pyrrole nitrogens is 1. The highest BCUT2D eigenvalue weighted by Gasteiger charge is 2.22. The van der Waals surface area contributed by atoms with Gasteiger partial charge in [0.05, 0.1) is 0 Å². The number of tetrazole rings is 1. The third-order valence-electron chi connectivity index (χ3n) is 6.43. The Kier molecular flexibility index (Phi) is 6.28. The molecule has 0 aliphatic heterocycles. The first kappa shape index (κ1) is 21.5. The van der Waals surface area contributed by atoms with Crippen LogP contribution in [0.15, 0.2) is 48.5 Å². The summed E-state index contributed by atoms with van der Waals surface area (Å²) in [5.41, 5.74) is 4.47. The van der Waals surface area contributed by atoms with Gasteiger partial charge < -0.3 is 0 Å². The van der Waals surface area contributed by atoms with Crippen molar-refractivity contribution in [2.45, 2.75) is 64.8 Å². The molecular formula is C26H31N7. The van der Waals surface area contributed by atoms with Crippen LogP contribution >= 0.6 is 0 Å². The van der Waals surface area contributed by atoms with Crippen molar-refractivity contribution in [2.24, 2.45) is 5.92 Å². The Labute approximate surface area is 194 Å². The van der Waals surface area contributed by atoms with E-state index < -0.39 is 0 Å². The molecule has 1 saturated carbocycles. The first-order chi connectivity index (χ1) is 16.2. The lowest BCUT2D eigenvalue weighted by atomic mass is 9.89. The van der Waals surface area contributed by atoms with Crippen LogP contribution in [-0.4, -0.2) is 35.4 Å². The summed E-state index contributed by atoms with van der Waals surface area (Å²) in [6.07, 6.45) is 7.18. The summed E-state index contributed by atoms with van der Waals surface area (Å²) >= 11 is 0. The van der Waals surface area contributed by atoms with E-state index in [1.165, 1.54) is 37.7 Å². The second kappa shape index (κ2) is 9.65. The van der Waals surface area contributed by atoms with Crippen molar-refractivity contribution >= 4 is 0 Å². The fraction of sp³-hybridized carbons (Fsp3) is 0.423. The first-order valence-electron chi connectivity index (χ1n) is 12.0. The molecule has 4 aromatic rings. The molecule has 2 aromatic heterocycles. The predicted octanol–water partition coefficient (Wildman–Crippen LogP) is 5.42. The van der Waals surface area contributed by atoms with E-state index in [-0.39, 0.29) is 0 Å². The van der Waals surface area contributed by atoms with Gasteiger partial charge in [-0.1, -0.05) is 81.6 Å². The number of aromatic amines is 1. The summed E-state index contributed by atoms with van der Waals surface area (Å²) in [5.74, 6) is 3.86. The van der Waals surface area contributed by atoms with Crippen LogP contribution in [0.3, 0.4) is 0 Å². The van der Waals surface area contributed by atoms with Crippen LogP contribution in [0.2, 0.25) is 0 Å². The standard InChI is InChI=1S/C26H31N7/c1-18(2)17-33-24(27-25(30-33)21-8-4-3-5-9-21)16-19-12-14-20(15-13-19)22-10-6-7-11-23(22)26-28-31-32-29-26/h6-7,10-15,18,21H,3-5,8-9,16-17H2,1-2H3,(H,28,29,31,32). The lowest BCUT2D eigenvalue weighted by Gasteiger charge is -2.18. The number of benzene rings is 2. The predicted molar refractivity (Wildman–Crippen MR) is 129 cm³/mol. The molecule has 2 heterocycles. The van der Waals surface area contributed by atoms with Gasteiger partial charge in [-0.2, -0.15) is 5.10 Å². The van der Waals surface area contributed by atoms with Crippen molar-refractivity contribution < 1.29 is 0 Å². The lowest BCUT2D eigenvalue weighted by Crippen LogP contribution is -2.11. The Morgan fingerprint density at radius 3 is 2.42 bits per heavy atom. The van der Waals surface area contributed by atoms with Crippen LogP contribution < -0.4 is 0 Å². The fourth-order valence-electron chi connectivity index (χ4n) is 4.75. The maximum absolute atomic E-state index is 5.04. The van der Waals surface area contributed by atoms with Gasteiger partial charge in [0.25, 0.3) is 0 Å². The second-order valence-electron chi connectivity index (χ2n) is 9.47. The number of aromatic nitrogens is 7.